The van der Waals surface area contributed by atoms with E-state index in [2.05, 4.69) is 26.5 Å². The van der Waals surface area contributed by atoms with Gasteiger partial charge in [-0.25, -0.2) is 4.98 Å². The van der Waals surface area contributed by atoms with Crippen molar-refractivity contribution in [3.05, 3.63) is 69.5 Å². The Hall–Kier alpha value is -3.76. The molecule has 9 nitrogen and oxygen atoms in total. The highest BCUT2D eigenvalue weighted by atomic mass is 32.1. The fraction of sp³-hybridized carbons (Fsp3) is 0.438. The zero-order valence-electron chi connectivity index (χ0n) is 24.6. The van der Waals surface area contributed by atoms with Crippen molar-refractivity contribution < 1.29 is 28.7 Å². The van der Waals surface area contributed by atoms with Crippen LogP contribution in [0.15, 0.2) is 47.8 Å². The molecule has 0 unspecified atom stereocenters. The van der Waals surface area contributed by atoms with Gasteiger partial charge in [0.05, 0.1) is 57.5 Å². The van der Waals surface area contributed by atoms with Crippen molar-refractivity contribution in [3.63, 3.8) is 0 Å². The number of thiazole rings is 1. The van der Waals surface area contributed by atoms with Crippen LogP contribution in [0.4, 0.5) is 0 Å². The van der Waals surface area contributed by atoms with E-state index in [1.807, 2.05) is 46.7 Å². The predicted octanol–water partition coefficient (Wildman–Crippen LogP) is 2.67. The zero-order chi connectivity index (χ0) is 30.1. The van der Waals surface area contributed by atoms with Gasteiger partial charge in [0.1, 0.15) is 10.8 Å². The molecule has 2 aliphatic rings. The number of quaternary nitrogens is 1. The number of likely N-dealkylation sites (tertiary alicyclic amines) is 1. The Morgan fingerprint density at radius 1 is 1.10 bits per heavy atom. The summed E-state index contributed by atoms with van der Waals surface area (Å²) in [6.07, 6.45) is 2.29. The Morgan fingerprint density at radius 3 is 2.36 bits per heavy atom. The van der Waals surface area contributed by atoms with Gasteiger partial charge in [-0.2, -0.15) is 0 Å². The maximum absolute atomic E-state index is 13.5. The van der Waals surface area contributed by atoms with Crippen LogP contribution in [0.1, 0.15) is 45.8 Å². The Balaban J connectivity index is 1.27. The van der Waals surface area contributed by atoms with Crippen LogP contribution in [-0.4, -0.2) is 79.5 Å². The Kier molecular flexibility index (Phi) is 8.39. The number of nitrogens with one attached hydrogen (secondary N) is 1. The lowest BCUT2D eigenvalue weighted by molar-refractivity contribution is -0.897. The fourth-order valence-electron chi connectivity index (χ4n) is 6.25. The molecule has 1 aliphatic carbocycles. The van der Waals surface area contributed by atoms with E-state index in [-0.39, 0.29) is 24.8 Å². The number of carbonyl (C=O) groups is 3. The summed E-state index contributed by atoms with van der Waals surface area (Å²) in [5.41, 5.74) is 2.90. The number of aromatic nitrogens is 1. The summed E-state index contributed by atoms with van der Waals surface area (Å²) >= 11 is 1.40. The predicted molar refractivity (Wildman–Crippen MR) is 159 cm³/mol. The van der Waals surface area contributed by atoms with Gasteiger partial charge in [-0.15, -0.1) is 11.3 Å². The molecule has 2 amide bonds. The normalized spacial score (nSPS) is 16.6. The summed E-state index contributed by atoms with van der Waals surface area (Å²) in [7, 11) is 8.15. The number of hydrogen-bond acceptors (Lipinski definition) is 7. The van der Waals surface area contributed by atoms with Gasteiger partial charge in [-0.1, -0.05) is 24.3 Å². The van der Waals surface area contributed by atoms with Crippen molar-refractivity contribution in [2.45, 2.75) is 44.7 Å². The molecule has 42 heavy (non-hydrogen) atoms. The summed E-state index contributed by atoms with van der Waals surface area (Å²) in [6.45, 7) is 1.59. The molecule has 1 fully saturated rings. The van der Waals surface area contributed by atoms with Crippen LogP contribution < -0.4 is 15.2 Å². The highest BCUT2D eigenvalue weighted by Crippen LogP contribution is 2.40. The van der Waals surface area contributed by atoms with E-state index < -0.39 is 11.4 Å². The second-order valence-electron chi connectivity index (χ2n) is 12.3. The Labute approximate surface area is 250 Å². The lowest BCUT2D eigenvalue weighted by atomic mass is 9.80. The van der Waals surface area contributed by atoms with Gasteiger partial charge < -0.3 is 29.3 Å². The Bertz CT molecular complexity index is 1460. The minimum absolute atomic E-state index is 0.0490. The number of rotatable bonds is 9. The number of carboxylic acids is 1. The zero-order valence-corrected chi connectivity index (χ0v) is 25.5. The van der Waals surface area contributed by atoms with E-state index in [0.29, 0.717) is 54.0 Å². The van der Waals surface area contributed by atoms with Crippen molar-refractivity contribution in [1.82, 2.24) is 15.2 Å². The fourth-order valence-corrected chi connectivity index (χ4v) is 7.00. The molecule has 1 aromatic heterocycles. The molecule has 0 saturated carbocycles. The summed E-state index contributed by atoms with van der Waals surface area (Å²) in [6, 6.07) is 13.7. The second kappa shape index (κ2) is 11.9. The maximum atomic E-state index is 13.5. The smallest absolute Gasteiger partial charge is 0.257 e. The van der Waals surface area contributed by atoms with Gasteiger partial charge in [0.25, 0.3) is 5.91 Å². The molecular weight excluding hydrogens is 552 g/mol. The molecule has 1 aliphatic heterocycles. The topological polar surface area (TPSA) is 112 Å². The molecule has 5 rings (SSSR count). The molecule has 3 aromatic rings. The van der Waals surface area contributed by atoms with E-state index in [9.17, 15) is 19.5 Å². The third-order valence-corrected chi connectivity index (χ3v) is 9.51. The van der Waals surface area contributed by atoms with E-state index in [0.717, 1.165) is 34.0 Å². The van der Waals surface area contributed by atoms with Crippen LogP contribution in [0.5, 0.6) is 5.75 Å². The van der Waals surface area contributed by atoms with Gasteiger partial charge >= 0.3 is 0 Å². The number of nitrogens with zero attached hydrogens (tertiary/aromatic N) is 3. The second-order valence-corrected chi connectivity index (χ2v) is 13.3. The van der Waals surface area contributed by atoms with E-state index in [4.69, 9.17) is 9.72 Å². The molecule has 1 saturated heterocycles. The van der Waals surface area contributed by atoms with Crippen molar-refractivity contribution >= 4 is 29.1 Å². The summed E-state index contributed by atoms with van der Waals surface area (Å²) in [5.74, 6) is -1.08. The molecule has 0 atom stereocenters. The first-order chi connectivity index (χ1) is 20.0. The van der Waals surface area contributed by atoms with E-state index in [1.54, 1.807) is 13.2 Å². The number of carboxylic acid groups (broad SMARTS) is 1. The van der Waals surface area contributed by atoms with Crippen molar-refractivity contribution in [1.29, 1.82) is 0 Å². The number of aliphatic carboxylic acids is 1. The first-order valence-corrected chi connectivity index (χ1v) is 15.2. The van der Waals surface area contributed by atoms with Crippen molar-refractivity contribution in [3.8, 4) is 17.0 Å². The largest absolute Gasteiger partial charge is 0.550 e. The molecular formula is C32H38N4O5S. The van der Waals surface area contributed by atoms with Crippen LogP contribution in [0.2, 0.25) is 0 Å². The van der Waals surface area contributed by atoms with Gasteiger partial charge in [0.2, 0.25) is 5.91 Å². The number of fused-ring (bicyclic) bond motifs is 1. The molecule has 222 valence electrons. The number of methoxy groups -OCH3 is 1. The number of ether oxygens (including phenoxy) is 1. The highest BCUT2D eigenvalue weighted by molar-refractivity contribution is 7.09. The molecule has 0 spiro atoms. The summed E-state index contributed by atoms with van der Waals surface area (Å²) < 4.78 is 6.43. The van der Waals surface area contributed by atoms with Gasteiger partial charge in [0.15, 0.2) is 0 Å². The highest BCUT2D eigenvalue weighted by Gasteiger charge is 2.43. The summed E-state index contributed by atoms with van der Waals surface area (Å²) in [5, 5.41) is 17.1. The average molecular weight is 591 g/mol. The number of benzene rings is 2. The number of hydrogen-bond donors (Lipinski definition) is 1. The van der Waals surface area contributed by atoms with Gasteiger partial charge in [-0.3, -0.25) is 9.59 Å². The molecule has 1 N–H and O–H groups in total. The average Bonchev–Trinajstić information content (AvgIpc) is 3.59. The quantitative estimate of drug-likeness (QED) is 0.384. The lowest BCUT2D eigenvalue weighted by Gasteiger charge is -2.40. The number of amides is 2. The van der Waals surface area contributed by atoms with E-state index in [1.165, 1.54) is 11.3 Å². The van der Waals surface area contributed by atoms with Gasteiger partial charge in [-0.05, 0) is 42.2 Å². The number of carbonyl (C=O) groups excluding carboxylic acids is 3. The Morgan fingerprint density at radius 2 is 1.76 bits per heavy atom. The van der Waals surface area contributed by atoms with Gasteiger partial charge in [0, 0.05) is 49.3 Å². The SMILES string of the molecule is COc1ccc(-c2csc(CNC(=O)C3(CC(=O)[O-])Cc4ccccc4C3)n2)cc1C(=O)N1CCC([N+](C)(C)C)CC1. The van der Waals surface area contributed by atoms with Crippen molar-refractivity contribution in [2.75, 3.05) is 41.3 Å². The molecule has 0 bridgehead atoms. The lowest BCUT2D eigenvalue weighted by Crippen LogP contribution is -2.52. The minimum atomic E-state index is -1.24. The molecule has 2 aromatic carbocycles. The van der Waals surface area contributed by atoms with Crippen molar-refractivity contribution in [2.24, 2.45) is 5.41 Å². The first-order valence-electron chi connectivity index (χ1n) is 14.3. The standard InChI is InChI=1S/C32H38N4O5S/c1-36(2,3)24-11-13-35(14-12-24)30(39)25-15-21(9-10-27(25)41-4)26-20-42-28(34-26)19-33-31(40)32(18-29(37)38)16-22-7-5-6-8-23(22)17-32/h5-10,15,20,24H,11-14,16-19H2,1-4H3,(H-,33,37,38,40). The van der Waals surface area contributed by atoms with Crippen LogP contribution in [-0.2, 0) is 29.0 Å². The number of piperidine rings is 1. The van der Waals surface area contributed by atoms with Crippen LogP contribution in [0, 0.1) is 5.41 Å². The molecule has 0 radical (unpaired) electrons. The first kappa shape index (κ1) is 29.7. The summed E-state index contributed by atoms with van der Waals surface area (Å²) in [4.78, 5) is 45.1. The monoisotopic (exact) mass is 590 g/mol. The minimum Gasteiger partial charge on any atom is -0.550 e. The van der Waals surface area contributed by atoms with Crippen LogP contribution in [0.3, 0.4) is 0 Å². The third-order valence-electron chi connectivity index (χ3n) is 8.67. The molecule has 2 heterocycles. The maximum Gasteiger partial charge on any atom is 0.257 e. The molecule has 10 heteroatoms. The van der Waals surface area contributed by atoms with Crippen LogP contribution >= 0.6 is 11.3 Å². The van der Waals surface area contributed by atoms with Crippen LogP contribution in [0.25, 0.3) is 11.3 Å². The van der Waals surface area contributed by atoms with E-state index >= 15 is 0 Å². The third kappa shape index (κ3) is 6.19.